The predicted octanol–water partition coefficient (Wildman–Crippen LogP) is 4.59. The van der Waals surface area contributed by atoms with E-state index in [1.165, 1.54) is 4.90 Å². The van der Waals surface area contributed by atoms with Crippen LogP contribution >= 0.6 is 27.5 Å². The van der Waals surface area contributed by atoms with E-state index in [2.05, 4.69) is 21.2 Å². The van der Waals surface area contributed by atoms with Gasteiger partial charge in [-0.1, -0.05) is 40.9 Å². The molecule has 1 saturated heterocycles. The molecule has 0 radical (unpaired) electrons. The molecular formula is C24H24BrClN2O6. The molecule has 34 heavy (non-hydrogen) atoms. The van der Waals surface area contributed by atoms with Crippen LogP contribution in [0.2, 0.25) is 5.02 Å². The van der Waals surface area contributed by atoms with E-state index in [0.29, 0.717) is 28.6 Å². The molecule has 10 heteroatoms. The summed E-state index contributed by atoms with van der Waals surface area (Å²) in [6, 6.07) is 11.4. The topological polar surface area (TPSA) is 102 Å². The van der Waals surface area contributed by atoms with Crippen molar-refractivity contribution < 1.29 is 28.7 Å². The zero-order chi connectivity index (χ0) is 24.7. The quantitative estimate of drug-likeness (QED) is 0.361. The second-order valence-electron chi connectivity index (χ2n) is 7.72. The molecule has 0 saturated carbocycles. The van der Waals surface area contributed by atoms with Gasteiger partial charge in [-0.05, 0) is 48.9 Å². The standard InChI is InChI=1S/C24H24BrClN2O6/c1-2-3-10-33-23(31)15-4-7-18(8-5-15)28-13-16(11-22(28)30)24(32)34-14-21(29)27-20-9-6-17(25)12-19(20)26/h4-9,12,16H,2-3,10-11,13-14H2,1H3,(H,27,29)/t16-/m0/s1. The van der Waals surface area contributed by atoms with Crippen LogP contribution in [0, 0.1) is 5.92 Å². The van der Waals surface area contributed by atoms with E-state index in [-0.39, 0.29) is 18.9 Å². The molecule has 0 unspecified atom stereocenters. The normalized spacial score (nSPS) is 15.2. The first-order valence-corrected chi connectivity index (χ1v) is 11.9. The number of nitrogens with one attached hydrogen (secondary N) is 1. The first-order chi connectivity index (χ1) is 16.3. The largest absolute Gasteiger partial charge is 0.462 e. The molecule has 0 aliphatic carbocycles. The van der Waals surface area contributed by atoms with Gasteiger partial charge in [0.15, 0.2) is 6.61 Å². The molecule has 1 heterocycles. The van der Waals surface area contributed by atoms with E-state index >= 15 is 0 Å². The van der Waals surface area contributed by atoms with Gasteiger partial charge in [-0.25, -0.2) is 4.79 Å². The number of rotatable bonds is 9. The molecule has 2 aromatic rings. The number of unbranched alkanes of at least 4 members (excludes halogenated alkanes) is 1. The van der Waals surface area contributed by atoms with Crippen molar-refractivity contribution in [2.75, 3.05) is 30.0 Å². The Bertz CT molecular complexity index is 1080. The Labute approximate surface area is 210 Å². The SMILES string of the molecule is CCCCOC(=O)c1ccc(N2C[C@@H](C(=O)OCC(=O)Nc3ccc(Br)cc3Cl)CC2=O)cc1. The molecule has 1 atom stereocenters. The molecule has 1 fully saturated rings. The van der Waals surface area contributed by atoms with Crippen LogP contribution < -0.4 is 10.2 Å². The van der Waals surface area contributed by atoms with Gasteiger partial charge < -0.3 is 19.7 Å². The number of amides is 2. The van der Waals surface area contributed by atoms with E-state index < -0.39 is 30.4 Å². The third-order valence-corrected chi connectivity index (χ3v) is 5.96. The summed E-state index contributed by atoms with van der Waals surface area (Å²) in [6.45, 7) is 2.00. The Kier molecular flexibility index (Phi) is 9.06. The van der Waals surface area contributed by atoms with Crippen LogP contribution in [0.5, 0.6) is 0 Å². The summed E-state index contributed by atoms with van der Waals surface area (Å²) in [4.78, 5) is 50.5. The fourth-order valence-electron chi connectivity index (χ4n) is 3.32. The summed E-state index contributed by atoms with van der Waals surface area (Å²) in [7, 11) is 0. The van der Waals surface area contributed by atoms with Crippen molar-refractivity contribution in [3.8, 4) is 0 Å². The van der Waals surface area contributed by atoms with Gasteiger partial charge in [0, 0.05) is 23.1 Å². The first kappa shape index (κ1) is 25.7. The average Bonchev–Trinajstić information content (AvgIpc) is 3.21. The second kappa shape index (κ2) is 12.0. The van der Waals surface area contributed by atoms with E-state index in [1.807, 2.05) is 6.92 Å². The summed E-state index contributed by atoms with van der Waals surface area (Å²) in [5, 5.41) is 2.91. The van der Waals surface area contributed by atoms with Gasteiger partial charge in [0.05, 0.1) is 28.8 Å². The lowest BCUT2D eigenvalue weighted by molar-refractivity contribution is -0.151. The Balaban J connectivity index is 1.51. The van der Waals surface area contributed by atoms with Gasteiger partial charge in [0.1, 0.15) is 0 Å². The lowest BCUT2D eigenvalue weighted by Gasteiger charge is -2.17. The van der Waals surface area contributed by atoms with Crippen LogP contribution in [-0.4, -0.2) is 43.5 Å². The van der Waals surface area contributed by atoms with Crippen LogP contribution in [0.1, 0.15) is 36.5 Å². The van der Waals surface area contributed by atoms with E-state index in [4.69, 9.17) is 21.1 Å². The summed E-state index contributed by atoms with van der Waals surface area (Å²) in [5.41, 5.74) is 1.35. The van der Waals surface area contributed by atoms with Crippen LogP contribution in [0.25, 0.3) is 0 Å². The number of carbonyl (C=O) groups is 4. The van der Waals surface area contributed by atoms with Gasteiger partial charge in [0.25, 0.3) is 5.91 Å². The molecule has 0 spiro atoms. The van der Waals surface area contributed by atoms with Gasteiger partial charge in [-0.2, -0.15) is 0 Å². The Morgan fingerprint density at radius 1 is 1.15 bits per heavy atom. The highest BCUT2D eigenvalue weighted by Gasteiger charge is 2.36. The minimum absolute atomic E-state index is 0.0280. The summed E-state index contributed by atoms with van der Waals surface area (Å²) in [6.07, 6.45) is 1.69. The Morgan fingerprint density at radius 3 is 2.56 bits per heavy atom. The lowest BCUT2D eigenvalue weighted by atomic mass is 10.1. The minimum Gasteiger partial charge on any atom is -0.462 e. The number of halogens is 2. The average molecular weight is 552 g/mol. The zero-order valence-corrected chi connectivity index (χ0v) is 20.9. The molecule has 1 N–H and O–H groups in total. The van der Waals surface area contributed by atoms with Crippen molar-refractivity contribution in [1.82, 2.24) is 0 Å². The van der Waals surface area contributed by atoms with Crippen molar-refractivity contribution in [2.45, 2.75) is 26.2 Å². The number of anilines is 2. The van der Waals surface area contributed by atoms with Crippen molar-refractivity contribution in [1.29, 1.82) is 0 Å². The maximum atomic E-state index is 12.5. The monoisotopic (exact) mass is 550 g/mol. The third-order valence-electron chi connectivity index (χ3n) is 5.15. The molecule has 1 aliphatic rings. The highest BCUT2D eigenvalue weighted by atomic mass is 79.9. The molecule has 1 aliphatic heterocycles. The van der Waals surface area contributed by atoms with Crippen molar-refractivity contribution in [3.63, 3.8) is 0 Å². The first-order valence-electron chi connectivity index (χ1n) is 10.8. The molecule has 0 bridgehead atoms. The van der Waals surface area contributed by atoms with Crippen LogP contribution in [-0.2, 0) is 23.9 Å². The number of carbonyl (C=O) groups excluding carboxylic acids is 4. The number of ether oxygens (including phenoxy) is 2. The van der Waals surface area contributed by atoms with E-state index in [0.717, 1.165) is 17.3 Å². The molecule has 180 valence electrons. The fourth-order valence-corrected chi connectivity index (χ4v) is 4.04. The fraction of sp³-hybridized carbons (Fsp3) is 0.333. The summed E-state index contributed by atoms with van der Waals surface area (Å²) < 4.78 is 11.0. The molecule has 2 amide bonds. The smallest absolute Gasteiger partial charge is 0.338 e. The van der Waals surface area contributed by atoms with Crippen molar-refractivity contribution in [3.05, 3.63) is 57.5 Å². The Morgan fingerprint density at radius 2 is 1.88 bits per heavy atom. The highest BCUT2D eigenvalue weighted by molar-refractivity contribution is 9.10. The van der Waals surface area contributed by atoms with Gasteiger partial charge >= 0.3 is 11.9 Å². The minimum atomic E-state index is -0.699. The second-order valence-corrected chi connectivity index (χ2v) is 9.04. The third kappa shape index (κ3) is 6.80. The van der Waals surface area contributed by atoms with Crippen molar-refractivity contribution >= 4 is 62.7 Å². The Hall–Kier alpha value is -2.91. The number of hydrogen-bond acceptors (Lipinski definition) is 6. The number of nitrogens with zero attached hydrogens (tertiary/aromatic N) is 1. The van der Waals surface area contributed by atoms with E-state index in [9.17, 15) is 19.2 Å². The van der Waals surface area contributed by atoms with Crippen LogP contribution in [0.3, 0.4) is 0 Å². The maximum absolute atomic E-state index is 12.5. The number of esters is 2. The number of hydrogen-bond donors (Lipinski definition) is 1. The van der Waals surface area contributed by atoms with Crippen LogP contribution in [0.4, 0.5) is 11.4 Å². The van der Waals surface area contributed by atoms with Crippen LogP contribution in [0.15, 0.2) is 46.9 Å². The summed E-state index contributed by atoms with van der Waals surface area (Å²) in [5.74, 6) is -2.54. The summed E-state index contributed by atoms with van der Waals surface area (Å²) >= 11 is 9.34. The molecule has 2 aromatic carbocycles. The lowest BCUT2D eigenvalue weighted by Crippen LogP contribution is -2.28. The molecular weight excluding hydrogens is 528 g/mol. The van der Waals surface area contributed by atoms with Gasteiger partial charge in [-0.3, -0.25) is 14.4 Å². The maximum Gasteiger partial charge on any atom is 0.338 e. The van der Waals surface area contributed by atoms with E-state index in [1.54, 1.807) is 42.5 Å². The molecule has 3 rings (SSSR count). The number of benzene rings is 2. The molecule has 0 aromatic heterocycles. The highest BCUT2D eigenvalue weighted by Crippen LogP contribution is 2.27. The van der Waals surface area contributed by atoms with Gasteiger partial charge in [0.2, 0.25) is 5.91 Å². The predicted molar refractivity (Wildman–Crippen MR) is 131 cm³/mol. The van der Waals surface area contributed by atoms with Crippen molar-refractivity contribution in [2.24, 2.45) is 5.92 Å². The van der Waals surface area contributed by atoms with Gasteiger partial charge in [-0.15, -0.1) is 0 Å². The molecule has 8 nitrogen and oxygen atoms in total. The zero-order valence-electron chi connectivity index (χ0n) is 18.5.